The molecule has 0 atom stereocenters. The molecule has 158 valence electrons. The summed E-state index contributed by atoms with van der Waals surface area (Å²) in [7, 11) is 0. The quantitative estimate of drug-likeness (QED) is 0.430. The topological polar surface area (TPSA) is 86.1 Å². The third kappa shape index (κ3) is 2.99. The highest BCUT2D eigenvalue weighted by molar-refractivity contribution is 6.30. The molecule has 5 aromatic rings. The van der Waals surface area contributed by atoms with E-state index in [1.807, 2.05) is 49.4 Å². The molecule has 1 aliphatic heterocycles. The van der Waals surface area contributed by atoms with E-state index in [0.717, 1.165) is 11.1 Å². The first kappa shape index (κ1) is 18.8. The molecule has 4 heterocycles. The first-order valence-corrected chi connectivity index (χ1v) is 10.4. The van der Waals surface area contributed by atoms with Crippen molar-refractivity contribution >= 4 is 28.3 Å². The van der Waals surface area contributed by atoms with E-state index >= 15 is 0 Å². The summed E-state index contributed by atoms with van der Waals surface area (Å²) in [5.41, 5.74) is 2.79. The second-order valence-electron chi connectivity index (χ2n) is 7.61. The number of aromatic amines is 1. The number of nitrogens with zero attached hydrogens (tertiary/aromatic N) is 4. The van der Waals surface area contributed by atoms with E-state index in [4.69, 9.17) is 21.1 Å². The number of hydrogen-bond donors (Lipinski definition) is 1. The second-order valence-corrected chi connectivity index (χ2v) is 8.05. The largest absolute Gasteiger partial charge is 0.458 e. The van der Waals surface area contributed by atoms with Gasteiger partial charge in [0.25, 0.3) is 5.56 Å². The lowest BCUT2D eigenvalue weighted by Crippen LogP contribution is -2.32. The number of halogens is 1. The molecule has 1 N–H and O–H groups in total. The van der Waals surface area contributed by atoms with Crippen LogP contribution in [-0.2, 0) is 6.54 Å². The summed E-state index contributed by atoms with van der Waals surface area (Å²) in [5.74, 6) is 2.57. The van der Waals surface area contributed by atoms with E-state index in [1.165, 1.54) is 0 Å². The van der Waals surface area contributed by atoms with E-state index in [0.29, 0.717) is 51.3 Å². The summed E-state index contributed by atoms with van der Waals surface area (Å²) >= 11 is 6.27. The molecule has 0 saturated heterocycles. The highest BCUT2D eigenvalue weighted by Crippen LogP contribution is 2.32. The summed E-state index contributed by atoms with van der Waals surface area (Å²) in [6.07, 6.45) is 1.75. The minimum absolute atomic E-state index is 0.163. The number of aryl methyl sites for hydroxylation is 1. The SMILES string of the molecule is Cc1nc2nc3ccn(Cc4ccc5c(c4)OCO5)c(=O)c3c(-c3cccc(Cl)c3)[n+]2[nH]1. The molecule has 0 amide bonds. The molecule has 0 saturated carbocycles. The zero-order valence-corrected chi connectivity index (χ0v) is 17.8. The summed E-state index contributed by atoms with van der Waals surface area (Å²) in [6.45, 7) is 2.43. The maximum atomic E-state index is 13.7. The van der Waals surface area contributed by atoms with Gasteiger partial charge in [0.1, 0.15) is 5.39 Å². The van der Waals surface area contributed by atoms with Gasteiger partial charge in [-0.15, -0.1) is 4.52 Å². The fraction of sp³-hybridized carbons (Fsp3) is 0.130. The molecule has 0 unspecified atom stereocenters. The molecule has 0 radical (unpaired) electrons. The zero-order valence-electron chi connectivity index (χ0n) is 17.0. The standard InChI is InChI=1S/C23H16ClN5O3/c1-13-25-23-26-17-7-8-28(11-14-5-6-18-19(9-14)32-12-31-18)22(30)20(17)21(29(23)27-13)15-3-2-4-16(24)10-15/h2-10H,11-12H2,1H3/p+1. The van der Waals surface area contributed by atoms with Crippen LogP contribution in [0.2, 0.25) is 5.02 Å². The number of pyridine rings is 1. The van der Waals surface area contributed by atoms with Crippen LogP contribution in [0.5, 0.6) is 11.5 Å². The first-order valence-electron chi connectivity index (χ1n) is 10.0. The number of benzene rings is 2. The lowest BCUT2D eigenvalue weighted by atomic mass is 10.1. The Morgan fingerprint density at radius 2 is 2.00 bits per heavy atom. The van der Waals surface area contributed by atoms with Crippen LogP contribution >= 0.6 is 11.6 Å². The first-order chi connectivity index (χ1) is 15.6. The summed E-state index contributed by atoms with van der Waals surface area (Å²) in [6, 6.07) is 14.9. The smallest absolute Gasteiger partial charge is 0.454 e. The van der Waals surface area contributed by atoms with E-state index in [1.54, 1.807) is 21.3 Å². The van der Waals surface area contributed by atoms with Gasteiger partial charge in [0.15, 0.2) is 22.7 Å². The number of nitrogens with one attached hydrogen (secondary N) is 1. The van der Waals surface area contributed by atoms with Crippen molar-refractivity contribution < 1.29 is 14.0 Å². The molecular formula is C23H17ClN5O3+. The number of fused-ring (bicyclic) bond motifs is 3. The molecule has 8 nitrogen and oxygen atoms in total. The predicted molar refractivity (Wildman–Crippen MR) is 118 cm³/mol. The highest BCUT2D eigenvalue weighted by Gasteiger charge is 2.24. The average Bonchev–Trinajstić information content (AvgIpc) is 3.39. The van der Waals surface area contributed by atoms with Crippen molar-refractivity contribution in [2.24, 2.45) is 0 Å². The normalized spacial score (nSPS) is 12.7. The lowest BCUT2D eigenvalue weighted by Gasteiger charge is -2.09. The number of hydrogen-bond acceptors (Lipinski definition) is 5. The van der Waals surface area contributed by atoms with Gasteiger partial charge in [0, 0.05) is 23.7 Å². The van der Waals surface area contributed by atoms with Crippen molar-refractivity contribution in [1.29, 1.82) is 0 Å². The van der Waals surface area contributed by atoms with E-state index in [-0.39, 0.29) is 12.4 Å². The fourth-order valence-corrected chi connectivity index (χ4v) is 4.23. The van der Waals surface area contributed by atoms with Crippen molar-refractivity contribution in [3.63, 3.8) is 0 Å². The molecule has 32 heavy (non-hydrogen) atoms. The van der Waals surface area contributed by atoms with Crippen LogP contribution in [0, 0.1) is 6.92 Å². The maximum Gasteiger partial charge on any atom is 0.458 e. The van der Waals surface area contributed by atoms with Gasteiger partial charge in [-0.05, 0) is 35.9 Å². The zero-order chi connectivity index (χ0) is 21.8. The van der Waals surface area contributed by atoms with Crippen LogP contribution in [0.25, 0.3) is 27.9 Å². The van der Waals surface area contributed by atoms with E-state index in [9.17, 15) is 4.79 Å². The van der Waals surface area contributed by atoms with Gasteiger partial charge in [-0.3, -0.25) is 4.79 Å². The predicted octanol–water partition coefficient (Wildman–Crippen LogP) is 3.26. The van der Waals surface area contributed by atoms with Crippen LogP contribution in [-0.4, -0.2) is 26.4 Å². The second kappa shape index (κ2) is 7.06. The highest BCUT2D eigenvalue weighted by atomic mass is 35.5. The molecule has 0 spiro atoms. The number of H-pyrrole nitrogens is 1. The van der Waals surface area contributed by atoms with Gasteiger partial charge in [-0.2, -0.15) is 0 Å². The number of ether oxygens (including phenoxy) is 2. The van der Waals surface area contributed by atoms with Gasteiger partial charge in [-0.1, -0.05) is 39.8 Å². The minimum Gasteiger partial charge on any atom is -0.454 e. The van der Waals surface area contributed by atoms with Crippen LogP contribution in [0.3, 0.4) is 0 Å². The molecular weight excluding hydrogens is 430 g/mol. The fourth-order valence-electron chi connectivity index (χ4n) is 4.04. The Balaban J connectivity index is 1.59. The maximum absolute atomic E-state index is 13.7. The molecule has 9 heteroatoms. The van der Waals surface area contributed by atoms with Gasteiger partial charge >= 0.3 is 5.78 Å². The Bertz CT molecular complexity index is 1590. The molecule has 0 aliphatic carbocycles. The van der Waals surface area contributed by atoms with Gasteiger partial charge in [-0.25, -0.2) is 5.10 Å². The van der Waals surface area contributed by atoms with Crippen LogP contribution < -0.4 is 19.5 Å². The molecule has 0 bridgehead atoms. The van der Waals surface area contributed by atoms with Crippen molar-refractivity contribution in [2.45, 2.75) is 13.5 Å². The average molecular weight is 447 g/mol. The Morgan fingerprint density at radius 1 is 1.12 bits per heavy atom. The Hall–Kier alpha value is -3.91. The summed E-state index contributed by atoms with van der Waals surface area (Å²) < 4.78 is 14.2. The Labute approximate surface area is 186 Å². The third-order valence-electron chi connectivity index (χ3n) is 5.45. The number of rotatable bonds is 3. The number of aromatic nitrogens is 5. The minimum atomic E-state index is -0.163. The summed E-state index contributed by atoms with van der Waals surface area (Å²) in [5, 5.41) is 4.24. The Kier molecular flexibility index (Phi) is 4.16. The van der Waals surface area contributed by atoms with Gasteiger partial charge < -0.3 is 14.0 Å². The van der Waals surface area contributed by atoms with Crippen molar-refractivity contribution in [2.75, 3.05) is 6.79 Å². The molecule has 2 aromatic carbocycles. The van der Waals surface area contributed by atoms with Crippen molar-refractivity contribution in [3.05, 3.63) is 81.5 Å². The van der Waals surface area contributed by atoms with Crippen molar-refractivity contribution in [3.8, 4) is 22.8 Å². The molecule has 1 aliphatic rings. The van der Waals surface area contributed by atoms with E-state index < -0.39 is 0 Å². The van der Waals surface area contributed by atoms with Gasteiger partial charge in [0.05, 0.1) is 6.54 Å². The van der Waals surface area contributed by atoms with Gasteiger partial charge in [0.2, 0.25) is 12.6 Å². The van der Waals surface area contributed by atoms with Crippen molar-refractivity contribution in [1.82, 2.24) is 19.6 Å². The molecule has 6 rings (SSSR count). The molecule has 0 fully saturated rings. The molecule has 3 aromatic heterocycles. The summed E-state index contributed by atoms with van der Waals surface area (Å²) in [4.78, 5) is 22.7. The van der Waals surface area contributed by atoms with Crippen LogP contribution in [0.4, 0.5) is 0 Å². The monoisotopic (exact) mass is 446 g/mol. The third-order valence-corrected chi connectivity index (χ3v) is 5.69. The van der Waals surface area contributed by atoms with Crippen LogP contribution in [0.1, 0.15) is 11.4 Å². The Morgan fingerprint density at radius 3 is 2.88 bits per heavy atom. The van der Waals surface area contributed by atoms with Crippen LogP contribution in [0.15, 0.2) is 59.5 Å². The lowest BCUT2D eigenvalue weighted by molar-refractivity contribution is -0.567. The van der Waals surface area contributed by atoms with E-state index in [2.05, 4.69) is 15.1 Å².